The summed E-state index contributed by atoms with van der Waals surface area (Å²) in [4.78, 5) is 7.41. The van der Waals surface area contributed by atoms with E-state index in [-0.39, 0.29) is 5.88 Å². The first-order chi connectivity index (χ1) is 11.1. The maximum absolute atomic E-state index is 9.52. The van der Waals surface area contributed by atoms with E-state index in [1.807, 2.05) is 13.0 Å². The second-order valence-corrected chi connectivity index (χ2v) is 5.07. The Kier molecular flexibility index (Phi) is 3.58. The summed E-state index contributed by atoms with van der Waals surface area (Å²) < 4.78 is 16.1. The van der Waals surface area contributed by atoms with Gasteiger partial charge in [-0.05, 0) is 13.0 Å². The second-order valence-electron chi connectivity index (χ2n) is 5.07. The molecule has 0 bridgehead atoms. The van der Waals surface area contributed by atoms with Crippen LogP contribution in [0.5, 0.6) is 17.4 Å². The highest BCUT2D eigenvalue weighted by atomic mass is 16.5. The predicted molar refractivity (Wildman–Crippen MR) is 82.2 cm³/mol. The zero-order chi connectivity index (χ0) is 16.6. The fourth-order valence-corrected chi connectivity index (χ4v) is 2.70. The van der Waals surface area contributed by atoms with Crippen molar-refractivity contribution in [1.82, 2.24) is 9.97 Å². The number of aromatic amines is 1. The van der Waals surface area contributed by atoms with Crippen LogP contribution in [0.2, 0.25) is 0 Å². The molecule has 3 N–H and O–H groups in total. The number of fused-ring (bicyclic) bond motifs is 1. The van der Waals surface area contributed by atoms with Crippen LogP contribution in [0.4, 0.5) is 0 Å². The molecule has 0 saturated carbocycles. The summed E-state index contributed by atoms with van der Waals surface area (Å²) in [5.74, 6) is 1.92. The molecule has 1 atom stereocenters. The Bertz CT molecular complexity index is 832. The van der Waals surface area contributed by atoms with Gasteiger partial charge < -0.3 is 24.9 Å². The van der Waals surface area contributed by atoms with Crippen molar-refractivity contribution in [3.8, 4) is 23.4 Å². The summed E-state index contributed by atoms with van der Waals surface area (Å²) in [6.07, 6.45) is 0. The number of methoxy groups -OCH3 is 2. The molecule has 2 aromatic rings. The van der Waals surface area contributed by atoms with E-state index in [0.717, 1.165) is 5.56 Å². The summed E-state index contributed by atoms with van der Waals surface area (Å²) in [5, 5.41) is 9.52. The summed E-state index contributed by atoms with van der Waals surface area (Å²) in [6.45, 7) is 1.81. The highest BCUT2D eigenvalue weighted by Gasteiger charge is 2.35. The molecule has 1 aromatic carbocycles. The van der Waals surface area contributed by atoms with Gasteiger partial charge in [0.1, 0.15) is 29.0 Å². The molecule has 1 aliphatic rings. The number of nitrogens with one attached hydrogen (secondary N) is 1. The number of nitriles is 1. The predicted octanol–water partition coefficient (Wildman–Crippen LogP) is 1.95. The van der Waals surface area contributed by atoms with Crippen LogP contribution in [-0.2, 0) is 0 Å². The fraction of sp³-hybridized carbons (Fsp3) is 0.250. The number of imidazole rings is 1. The van der Waals surface area contributed by atoms with E-state index in [2.05, 4.69) is 16.0 Å². The van der Waals surface area contributed by atoms with Gasteiger partial charge in [0.2, 0.25) is 11.8 Å². The number of aromatic nitrogens is 2. The van der Waals surface area contributed by atoms with E-state index in [1.165, 1.54) is 0 Å². The second kappa shape index (κ2) is 5.57. The van der Waals surface area contributed by atoms with Crippen LogP contribution in [0, 0.1) is 18.3 Å². The van der Waals surface area contributed by atoms with Crippen LogP contribution >= 0.6 is 0 Å². The van der Waals surface area contributed by atoms with Crippen LogP contribution in [0.1, 0.15) is 23.0 Å². The quantitative estimate of drug-likeness (QED) is 0.897. The van der Waals surface area contributed by atoms with Gasteiger partial charge in [-0.25, -0.2) is 0 Å². The van der Waals surface area contributed by atoms with E-state index >= 15 is 0 Å². The zero-order valence-corrected chi connectivity index (χ0v) is 13.0. The van der Waals surface area contributed by atoms with Gasteiger partial charge in [0.05, 0.1) is 25.8 Å². The molecule has 1 aromatic heterocycles. The van der Waals surface area contributed by atoms with Crippen LogP contribution < -0.4 is 19.9 Å². The van der Waals surface area contributed by atoms with Crippen LogP contribution in [-0.4, -0.2) is 24.2 Å². The van der Waals surface area contributed by atoms with Crippen molar-refractivity contribution in [2.75, 3.05) is 14.2 Å². The smallest absolute Gasteiger partial charge is 0.243 e. The largest absolute Gasteiger partial charge is 0.497 e. The van der Waals surface area contributed by atoms with Crippen molar-refractivity contribution in [3.05, 3.63) is 46.7 Å². The van der Waals surface area contributed by atoms with Crippen molar-refractivity contribution in [3.63, 3.8) is 0 Å². The molecule has 0 amide bonds. The number of hydrogen-bond donors (Lipinski definition) is 2. The van der Waals surface area contributed by atoms with Crippen LogP contribution in [0.15, 0.2) is 29.7 Å². The van der Waals surface area contributed by atoms with Gasteiger partial charge in [-0.1, -0.05) is 6.07 Å². The third-order valence-electron chi connectivity index (χ3n) is 3.74. The average molecular weight is 312 g/mol. The van der Waals surface area contributed by atoms with Gasteiger partial charge in [-0.2, -0.15) is 10.2 Å². The van der Waals surface area contributed by atoms with Crippen molar-refractivity contribution >= 4 is 0 Å². The molecule has 7 nitrogen and oxygen atoms in total. The Morgan fingerprint density at radius 1 is 1.35 bits per heavy atom. The molecule has 0 saturated heterocycles. The molecular formula is C16H16N4O3. The normalized spacial score (nSPS) is 16.3. The lowest BCUT2D eigenvalue weighted by atomic mass is 9.87. The molecule has 0 aliphatic carbocycles. The van der Waals surface area contributed by atoms with E-state index in [0.29, 0.717) is 34.5 Å². The fourth-order valence-electron chi connectivity index (χ4n) is 2.70. The number of nitrogens with zero attached hydrogens (tertiary/aromatic N) is 2. The van der Waals surface area contributed by atoms with Gasteiger partial charge in [-0.15, -0.1) is 0 Å². The minimum atomic E-state index is -0.439. The number of H-pyrrole nitrogens is 1. The Hall–Kier alpha value is -3.14. The number of benzene rings is 1. The van der Waals surface area contributed by atoms with Gasteiger partial charge in [0.25, 0.3) is 0 Å². The molecule has 2 heterocycles. The summed E-state index contributed by atoms with van der Waals surface area (Å²) in [5.41, 5.74) is 7.67. The Labute approximate surface area is 133 Å². The maximum atomic E-state index is 9.52. The first-order valence-electron chi connectivity index (χ1n) is 6.95. The molecule has 0 spiro atoms. The lowest BCUT2D eigenvalue weighted by molar-refractivity contribution is 0.373. The number of aryl methyl sites for hydroxylation is 1. The van der Waals surface area contributed by atoms with Gasteiger partial charge in [0.15, 0.2) is 0 Å². The van der Waals surface area contributed by atoms with E-state index < -0.39 is 5.92 Å². The zero-order valence-electron chi connectivity index (χ0n) is 13.0. The molecule has 3 rings (SSSR count). The number of rotatable bonds is 3. The summed E-state index contributed by atoms with van der Waals surface area (Å²) in [7, 11) is 3.15. The van der Waals surface area contributed by atoms with E-state index in [1.54, 1.807) is 26.4 Å². The summed E-state index contributed by atoms with van der Waals surface area (Å²) >= 11 is 0. The standard InChI is InChI=1S/C16H16N4O3/c1-8-19-14-13(11(7-17)15(18)23-16(14)20-8)10-5-4-9(21-2)6-12(10)22-3/h4-6,13H,18H2,1-3H3,(H,19,20)/t13-/m1/s1. The molecule has 7 heteroatoms. The SMILES string of the molecule is COc1ccc([C@@H]2C(C#N)=C(N)Oc3nc(C)[nH]c32)c(OC)c1. The topological polar surface area (TPSA) is 106 Å². The van der Waals surface area contributed by atoms with Crippen LogP contribution in [0.25, 0.3) is 0 Å². The van der Waals surface area contributed by atoms with Crippen LogP contribution in [0.3, 0.4) is 0 Å². The first kappa shape index (κ1) is 14.8. The molecule has 23 heavy (non-hydrogen) atoms. The summed E-state index contributed by atoms with van der Waals surface area (Å²) in [6, 6.07) is 7.54. The minimum absolute atomic E-state index is 0.0503. The number of ether oxygens (including phenoxy) is 3. The average Bonchev–Trinajstić information content (AvgIpc) is 2.92. The Morgan fingerprint density at radius 3 is 2.78 bits per heavy atom. The van der Waals surface area contributed by atoms with E-state index in [4.69, 9.17) is 19.9 Å². The third-order valence-corrected chi connectivity index (χ3v) is 3.74. The van der Waals surface area contributed by atoms with Crippen molar-refractivity contribution in [1.29, 1.82) is 5.26 Å². The Balaban J connectivity index is 2.22. The molecule has 118 valence electrons. The van der Waals surface area contributed by atoms with Gasteiger partial charge in [-0.3, -0.25) is 0 Å². The van der Waals surface area contributed by atoms with Crippen molar-refractivity contribution in [2.45, 2.75) is 12.8 Å². The molecular weight excluding hydrogens is 296 g/mol. The maximum Gasteiger partial charge on any atom is 0.243 e. The van der Waals surface area contributed by atoms with Gasteiger partial charge >= 0.3 is 0 Å². The Morgan fingerprint density at radius 2 is 2.13 bits per heavy atom. The highest BCUT2D eigenvalue weighted by Crippen LogP contribution is 2.44. The molecule has 0 fully saturated rings. The molecule has 0 unspecified atom stereocenters. The van der Waals surface area contributed by atoms with Gasteiger partial charge in [0, 0.05) is 11.6 Å². The monoisotopic (exact) mass is 312 g/mol. The number of hydrogen-bond acceptors (Lipinski definition) is 6. The lowest BCUT2D eigenvalue weighted by Gasteiger charge is -2.24. The first-order valence-corrected chi connectivity index (χ1v) is 6.95. The highest BCUT2D eigenvalue weighted by molar-refractivity contribution is 5.56. The third kappa shape index (κ3) is 2.34. The van der Waals surface area contributed by atoms with E-state index in [9.17, 15) is 5.26 Å². The molecule has 0 radical (unpaired) electrons. The molecule has 1 aliphatic heterocycles. The number of nitrogens with two attached hydrogens (primary N) is 1. The van der Waals surface area contributed by atoms with Crippen molar-refractivity contribution < 1.29 is 14.2 Å². The minimum Gasteiger partial charge on any atom is -0.497 e. The number of allylic oxidation sites excluding steroid dienone is 1. The lowest BCUT2D eigenvalue weighted by Crippen LogP contribution is -2.21. The van der Waals surface area contributed by atoms with Crippen molar-refractivity contribution in [2.24, 2.45) is 5.73 Å².